The molecule has 0 aliphatic carbocycles. The van der Waals surface area contributed by atoms with E-state index < -0.39 is 0 Å². The van der Waals surface area contributed by atoms with E-state index in [1.807, 2.05) is 0 Å². The molecule has 0 spiro atoms. The van der Waals surface area contributed by atoms with Crippen molar-refractivity contribution >= 4 is 0 Å². The number of nitrogens with one attached hydrogen (secondary N) is 1. The second kappa shape index (κ2) is 16.8. The molecule has 6 nitrogen and oxygen atoms in total. The van der Waals surface area contributed by atoms with Crippen molar-refractivity contribution in [3.63, 3.8) is 0 Å². The molecule has 6 heteroatoms. The number of methoxy groups -OCH3 is 2. The molecule has 0 heterocycles. The molecular formula is C14H31NO5. The zero-order valence-electron chi connectivity index (χ0n) is 13.2. The Kier molecular flexibility index (Phi) is 16.6. The van der Waals surface area contributed by atoms with E-state index in [2.05, 4.69) is 12.2 Å². The third-order valence-corrected chi connectivity index (χ3v) is 2.54. The van der Waals surface area contributed by atoms with E-state index in [0.717, 1.165) is 19.5 Å². The lowest BCUT2D eigenvalue weighted by Gasteiger charge is -2.17. The van der Waals surface area contributed by atoms with E-state index in [1.54, 1.807) is 14.2 Å². The Morgan fingerprint density at radius 3 is 2.10 bits per heavy atom. The lowest BCUT2D eigenvalue weighted by Crippen LogP contribution is -2.34. The number of ether oxygens (including phenoxy) is 5. The molecule has 1 atom stereocenters. The summed E-state index contributed by atoms with van der Waals surface area (Å²) in [5.74, 6) is 0. The van der Waals surface area contributed by atoms with Crippen LogP contribution in [0.5, 0.6) is 0 Å². The molecule has 0 radical (unpaired) electrons. The highest BCUT2D eigenvalue weighted by atomic mass is 16.6. The van der Waals surface area contributed by atoms with Gasteiger partial charge in [0.1, 0.15) is 0 Å². The van der Waals surface area contributed by atoms with Crippen molar-refractivity contribution in [1.82, 2.24) is 5.32 Å². The predicted molar refractivity (Wildman–Crippen MR) is 78.3 cm³/mol. The van der Waals surface area contributed by atoms with Crippen molar-refractivity contribution < 1.29 is 23.7 Å². The van der Waals surface area contributed by atoms with Gasteiger partial charge in [-0.15, -0.1) is 0 Å². The van der Waals surface area contributed by atoms with Crippen molar-refractivity contribution in [2.24, 2.45) is 0 Å². The van der Waals surface area contributed by atoms with Crippen molar-refractivity contribution in [3.05, 3.63) is 0 Å². The highest BCUT2D eigenvalue weighted by Crippen LogP contribution is 1.93. The molecule has 122 valence electrons. The molecule has 0 aliphatic heterocycles. The van der Waals surface area contributed by atoms with Gasteiger partial charge in [-0.1, -0.05) is 6.92 Å². The van der Waals surface area contributed by atoms with Crippen LogP contribution in [0, 0.1) is 0 Å². The van der Waals surface area contributed by atoms with Gasteiger partial charge in [-0.2, -0.15) is 0 Å². The van der Waals surface area contributed by atoms with Gasteiger partial charge in [0.05, 0.1) is 52.4 Å². The fourth-order valence-corrected chi connectivity index (χ4v) is 1.53. The molecule has 0 saturated carbocycles. The summed E-state index contributed by atoms with van der Waals surface area (Å²) in [6.07, 6.45) is 1.19. The van der Waals surface area contributed by atoms with Gasteiger partial charge in [0.2, 0.25) is 0 Å². The molecule has 1 N–H and O–H groups in total. The molecule has 0 rings (SSSR count). The zero-order valence-corrected chi connectivity index (χ0v) is 13.2. The minimum Gasteiger partial charge on any atom is -0.382 e. The van der Waals surface area contributed by atoms with Gasteiger partial charge < -0.3 is 29.0 Å². The second-order valence-corrected chi connectivity index (χ2v) is 4.37. The van der Waals surface area contributed by atoms with Crippen LogP contribution in [0.25, 0.3) is 0 Å². The molecule has 1 unspecified atom stereocenters. The topological polar surface area (TPSA) is 58.2 Å². The summed E-state index contributed by atoms with van der Waals surface area (Å²) >= 11 is 0. The van der Waals surface area contributed by atoms with Crippen LogP contribution in [0.4, 0.5) is 0 Å². The Morgan fingerprint density at radius 2 is 1.50 bits per heavy atom. The van der Waals surface area contributed by atoms with Crippen LogP contribution in [-0.4, -0.2) is 79.7 Å². The summed E-state index contributed by atoms with van der Waals surface area (Å²) in [5.41, 5.74) is 0. The van der Waals surface area contributed by atoms with Crippen LogP contribution >= 0.6 is 0 Å². The molecule has 0 saturated heterocycles. The largest absolute Gasteiger partial charge is 0.382 e. The first-order chi connectivity index (χ1) is 9.85. The maximum Gasteiger partial charge on any atom is 0.0933 e. The first-order valence-electron chi connectivity index (χ1n) is 7.30. The Labute approximate surface area is 123 Å². The third kappa shape index (κ3) is 14.2. The SMILES string of the molecule is CCCNCC(COC)OCCOCCOCCOC. The Bertz CT molecular complexity index is 183. The van der Waals surface area contributed by atoms with E-state index in [4.69, 9.17) is 23.7 Å². The monoisotopic (exact) mass is 293 g/mol. The quantitative estimate of drug-likeness (QED) is 0.423. The molecule has 0 aliphatic rings. The second-order valence-electron chi connectivity index (χ2n) is 4.37. The van der Waals surface area contributed by atoms with Gasteiger partial charge in [-0.25, -0.2) is 0 Å². The zero-order chi connectivity index (χ0) is 14.9. The predicted octanol–water partition coefficient (Wildman–Crippen LogP) is 0.697. The molecule has 0 aromatic carbocycles. The number of hydrogen-bond acceptors (Lipinski definition) is 6. The first-order valence-corrected chi connectivity index (χ1v) is 7.30. The highest BCUT2D eigenvalue weighted by Gasteiger charge is 2.07. The summed E-state index contributed by atoms with van der Waals surface area (Å²) in [4.78, 5) is 0. The number of hydrogen-bond donors (Lipinski definition) is 1. The summed E-state index contributed by atoms with van der Waals surface area (Å²) < 4.78 is 26.4. The normalized spacial score (nSPS) is 12.8. The van der Waals surface area contributed by atoms with Crippen LogP contribution in [0.15, 0.2) is 0 Å². The summed E-state index contributed by atoms with van der Waals surface area (Å²) in [5, 5.41) is 3.32. The standard InChI is InChI=1S/C14H31NO5/c1-4-5-15-12-14(13-17-3)20-11-10-19-9-8-18-7-6-16-2/h14-15H,4-13H2,1-3H3. The van der Waals surface area contributed by atoms with E-state index in [1.165, 1.54) is 0 Å². The van der Waals surface area contributed by atoms with Crippen LogP contribution in [0.2, 0.25) is 0 Å². The van der Waals surface area contributed by atoms with Crippen molar-refractivity contribution in [3.8, 4) is 0 Å². The van der Waals surface area contributed by atoms with Crippen LogP contribution < -0.4 is 5.32 Å². The Morgan fingerprint density at radius 1 is 0.850 bits per heavy atom. The summed E-state index contributed by atoms with van der Waals surface area (Å²) in [6.45, 7) is 8.07. The van der Waals surface area contributed by atoms with Crippen LogP contribution in [0.3, 0.4) is 0 Å². The average Bonchev–Trinajstić information content (AvgIpc) is 2.45. The summed E-state index contributed by atoms with van der Waals surface area (Å²) in [6, 6.07) is 0. The van der Waals surface area contributed by atoms with Crippen LogP contribution in [0.1, 0.15) is 13.3 Å². The van der Waals surface area contributed by atoms with Crippen molar-refractivity contribution in [2.45, 2.75) is 19.4 Å². The van der Waals surface area contributed by atoms with Gasteiger partial charge >= 0.3 is 0 Å². The van der Waals surface area contributed by atoms with Crippen LogP contribution in [-0.2, 0) is 23.7 Å². The lowest BCUT2D eigenvalue weighted by atomic mass is 10.3. The van der Waals surface area contributed by atoms with Crippen molar-refractivity contribution in [2.75, 3.05) is 73.6 Å². The smallest absolute Gasteiger partial charge is 0.0933 e. The van der Waals surface area contributed by atoms with Gasteiger partial charge in [-0.05, 0) is 13.0 Å². The van der Waals surface area contributed by atoms with E-state index in [9.17, 15) is 0 Å². The first kappa shape index (κ1) is 19.8. The molecular weight excluding hydrogens is 262 g/mol. The van der Waals surface area contributed by atoms with Crippen molar-refractivity contribution in [1.29, 1.82) is 0 Å². The molecule has 20 heavy (non-hydrogen) atoms. The van der Waals surface area contributed by atoms with Gasteiger partial charge in [0, 0.05) is 20.8 Å². The lowest BCUT2D eigenvalue weighted by molar-refractivity contribution is -0.0368. The van der Waals surface area contributed by atoms with Gasteiger partial charge in [-0.3, -0.25) is 0 Å². The maximum atomic E-state index is 5.70. The Hall–Kier alpha value is -0.240. The van der Waals surface area contributed by atoms with E-state index in [0.29, 0.717) is 46.2 Å². The number of rotatable bonds is 16. The maximum absolute atomic E-state index is 5.70. The van der Waals surface area contributed by atoms with Gasteiger partial charge in [0.15, 0.2) is 0 Å². The molecule has 0 bridgehead atoms. The van der Waals surface area contributed by atoms with E-state index in [-0.39, 0.29) is 6.10 Å². The molecule has 0 aromatic rings. The molecule has 0 fully saturated rings. The minimum absolute atomic E-state index is 0.0769. The fraction of sp³-hybridized carbons (Fsp3) is 1.00. The Balaban J connectivity index is 3.34. The minimum atomic E-state index is 0.0769. The highest BCUT2D eigenvalue weighted by molar-refractivity contribution is 4.60. The molecule has 0 amide bonds. The average molecular weight is 293 g/mol. The molecule has 0 aromatic heterocycles. The van der Waals surface area contributed by atoms with E-state index >= 15 is 0 Å². The van der Waals surface area contributed by atoms with Gasteiger partial charge in [0.25, 0.3) is 0 Å². The summed E-state index contributed by atoms with van der Waals surface area (Å²) in [7, 11) is 3.34. The third-order valence-electron chi connectivity index (χ3n) is 2.54. The fourth-order valence-electron chi connectivity index (χ4n) is 1.53.